The summed E-state index contributed by atoms with van der Waals surface area (Å²) in [5.41, 5.74) is 6.86. The van der Waals surface area contributed by atoms with Gasteiger partial charge in [-0.15, -0.1) is 0 Å². The third-order valence-electron chi connectivity index (χ3n) is 8.32. The number of fused-ring (bicyclic) bond motifs is 8. The Kier molecular flexibility index (Phi) is 5.25. The first-order valence-electron chi connectivity index (χ1n) is 12.0. The second-order valence-electron chi connectivity index (χ2n) is 9.99. The highest BCUT2D eigenvalue weighted by molar-refractivity contribution is 6.30. The Bertz CT molecular complexity index is 1190. The fourth-order valence-corrected chi connectivity index (χ4v) is 6.90. The maximum absolute atomic E-state index is 11.0. The van der Waals surface area contributed by atoms with Crippen LogP contribution >= 0.6 is 11.6 Å². The van der Waals surface area contributed by atoms with Crippen LogP contribution in [0.2, 0.25) is 5.02 Å². The van der Waals surface area contributed by atoms with E-state index in [1.807, 2.05) is 30.3 Å². The number of aliphatic hydroxyl groups is 1. The normalized spacial score (nSPS) is 25.0. The molecule has 3 aromatic carbocycles. The molecular formula is C29H30ClNO2. The van der Waals surface area contributed by atoms with Crippen molar-refractivity contribution in [3.8, 4) is 5.75 Å². The largest absolute Gasteiger partial charge is 0.497 e. The van der Waals surface area contributed by atoms with Crippen LogP contribution in [0.25, 0.3) is 0 Å². The number of halogens is 1. The molecule has 6 rings (SSSR count). The van der Waals surface area contributed by atoms with Gasteiger partial charge >= 0.3 is 0 Å². The van der Waals surface area contributed by atoms with Gasteiger partial charge in [-0.05, 0) is 90.4 Å². The van der Waals surface area contributed by atoms with Gasteiger partial charge in [0.05, 0.1) is 13.2 Å². The minimum Gasteiger partial charge on any atom is -0.497 e. The predicted molar refractivity (Wildman–Crippen MR) is 132 cm³/mol. The van der Waals surface area contributed by atoms with Crippen molar-refractivity contribution in [2.75, 3.05) is 26.7 Å². The lowest BCUT2D eigenvalue weighted by molar-refractivity contribution is 0.0539. The van der Waals surface area contributed by atoms with Gasteiger partial charge in [0.25, 0.3) is 0 Å². The van der Waals surface area contributed by atoms with Crippen LogP contribution in [-0.2, 0) is 5.41 Å². The highest BCUT2D eigenvalue weighted by atomic mass is 35.5. The van der Waals surface area contributed by atoms with E-state index in [2.05, 4.69) is 41.3 Å². The maximum atomic E-state index is 11.0. The molecule has 33 heavy (non-hydrogen) atoms. The van der Waals surface area contributed by atoms with Crippen molar-refractivity contribution in [2.45, 2.75) is 36.7 Å². The molecule has 3 aliphatic rings. The Morgan fingerprint density at radius 3 is 2.61 bits per heavy atom. The number of hydrogen-bond acceptors (Lipinski definition) is 3. The maximum Gasteiger partial charge on any atom is 0.119 e. The van der Waals surface area contributed by atoms with Crippen molar-refractivity contribution in [3.63, 3.8) is 0 Å². The third kappa shape index (κ3) is 3.41. The van der Waals surface area contributed by atoms with Crippen LogP contribution in [0.1, 0.15) is 59.1 Å². The number of rotatable bonds is 5. The standard InChI is InChI=1S/C29H30ClNO2/c1-33-22-6-4-5-20(15-22)28(32)19-11-13-31(14-12-19)18-29-17-25(23-7-2-3-8-26(23)29)24-10-9-21(30)16-27(24)29/h2-10,15-16,19,25,28,32H,11-14,17-18H2,1H3/t25?,28-,29?/m1/s1. The number of ether oxygens (including phenoxy) is 1. The van der Waals surface area contributed by atoms with Crippen molar-refractivity contribution < 1.29 is 9.84 Å². The Morgan fingerprint density at radius 1 is 1.00 bits per heavy atom. The average Bonchev–Trinajstić information content (AvgIpc) is 3.35. The Labute approximate surface area is 201 Å². The quantitative estimate of drug-likeness (QED) is 0.513. The molecule has 2 aliphatic carbocycles. The van der Waals surface area contributed by atoms with Crippen LogP contribution in [0, 0.1) is 5.92 Å². The summed E-state index contributed by atoms with van der Waals surface area (Å²) in [4.78, 5) is 2.62. The minimum absolute atomic E-state index is 0.0275. The molecule has 170 valence electrons. The van der Waals surface area contributed by atoms with E-state index < -0.39 is 6.10 Å². The first kappa shape index (κ1) is 21.2. The van der Waals surface area contributed by atoms with Gasteiger partial charge in [0.2, 0.25) is 0 Å². The zero-order valence-electron chi connectivity index (χ0n) is 19.0. The summed E-state index contributed by atoms with van der Waals surface area (Å²) in [6.07, 6.45) is 2.71. The van der Waals surface area contributed by atoms with Crippen molar-refractivity contribution >= 4 is 11.6 Å². The van der Waals surface area contributed by atoms with Gasteiger partial charge in [-0.25, -0.2) is 0 Å². The van der Waals surface area contributed by atoms with Gasteiger partial charge in [-0.2, -0.15) is 0 Å². The van der Waals surface area contributed by atoms with E-state index in [1.165, 1.54) is 22.3 Å². The smallest absolute Gasteiger partial charge is 0.119 e. The second kappa shape index (κ2) is 8.16. The van der Waals surface area contributed by atoms with E-state index >= 15 is 0 Å². The Morgan fingerprint density at radius 2 is 1.79 bits per heavy atom. The zero-order chi connectivity index (χ0) is 22.6. The van der Waals surface area contributed by atoms with Crippen molar-refractivity contribution in [2.24, 2.45) is 5.92 Å². The lowest BCUT2D eigenvalue weighted by Crippen LogP contribution is -2.44. The van der Waals surface area contributed by atoms with E-state index in [9.17, 15) is 5.11 Å². The Balaban J connectivity index is 1.22. The van der Waals surface area contributed by atoms with E-state index in [0.717, 1.165) is 55.2 Å². The van der Waals surface area contributed by atoms with Crippen LogP contribution in [0.4, 0.5) is 0 Å². The summed E-state index contributed by atoms with van der Waals surface area (Å²) < 4.78 is 5.35. The highest BCUT2D eigenvalue weighted by Gasteiger charge is 2.53. The molecule has 0 aromatic heterocycles. The van der Waals surface area contributed by atoms with Crippen LogP contribution in [0.15, 0.2) is 66.7 Å². The lowest BCUT2D eigenvalue weighted by atomic mass is 9.74. The van der Waals surface area contributed by atoms with Crippen LogP contribution in [-0.4, -0.2) is 36.8 Å². The third-order valence-corrected chi connectivity index (χ3v) is 8.55. The fourth-order valence-electron chi connectivity index (χ4n) is 6.73. The van der Waals surface area contributed by atoms with Crippen molar-refractivity contribution in [3.05, 3.63) is 99.6 Å². The number of hydrogen-bond donors (Lipinski definition) is 1. The van der Waals surface area contributed by atoms with E-state index in [4.69, 9.17) is 16.3 Å². The van der Waals surface area contributed by atoms with E-state index in [1.54, 1.807) is 7.11 Å². The molecule has 1 heterocycles. The van der Waals surface area contributed by atoms with Crippen molar-refractivity contribution in [1.29, 1.82) is 0 Å². The molecular weight excluding hydrogens is 430 g/mol. The molecule has 3 aromatic rings. The number of aliphatic hydroxyl groups excluding tert-OH is 1. The second-order valence-corrected chi connectivity index (χ2v) is 10.4. The van der Waals surface area contributed by atoms with Crippen LogP contribution in [0.5, 0.6) is 5.75 Å². The van der Waals surface area contributed by atoms with Gasteiger partial charge < -0.3 is 14.7 Å². The first-order valence-corrected chi connectivity index (χ1v) is 12.4. The Hall–Kier alpha value is -2.33. The summed E-state index contributed by atoms with van der Waals surface area (Å²) in [6, 6.07) is 23.4. The first-order chi connectivity index (χ1) is 16.1. The van der Waals surface area contributed by atoms with Crippen LogP contribution in [0.3, 0.4) is 0 Å². The molecule has 3 nitrogen and oxygen atoms in total. The summed E-state index contributed by atoms with van der Waals surface area (Å²) in [5.74, 6) is 1.57. The van der Waals surface area contributed by atoms with Gasteiger partial charge in [-0.3, -0.25) is 0 Å². The summed E-state index contributed by atoms with van der Waals surface area (Å²) in [6.45, 7) is 3.04. The molecule has 4 heteroatoms. The van der Waals surface area contributed by atoms with Crippen LogP contribution < -0.4 is 4.74 Å². The van der Waals surface area contributed by atoms with Crippen molar-refractivity contribution in [1.82, 2.24) is 4.90 Å². The van der Waals surface area contributed by atoms with E-state index in [0.29, 0.717) is 5.92 Å². The molecule has 1 saturated heterocycles. The molecule has 1 fully saturated rings. The zero-order valence-corrected chi connectivity index (χ0v) is 19.8. The molecule has 1 N–H and O–H groups in total. The summed E-state index contributed by atoms with van der Waals surface area (Å²) >= 11 is 6.48. The van der Waals surface area contributed by atoms with E-state index in [-0.39, 0.29) is 11.3 Å². The molecule has 2 bridgehead atoms. The summed E-state index contributed by atoms with van der Waals surface area (Å²) in [7, 11) is 1.67. The molecule has 0 amide bonds. The number of piperidine rings is 1. The molecule has 0 spiro atoms. The molecule has 1 aliphatic heterocycles. The predicted octanol–water partition coefficient (Wildman–Crippen LogP) is 5.93. The number of likely N-dealkylation sites (tertiary alicyclic amines) is 1. The molecule has 0 saturated carbocycles. The topological polar surface area (TPSA) is 32.7 Å². The molecule has 0 radical (unpaired) electrons. The molecule has 3 atom stereocenters. The van der Waals surface area contributed by atoms with Gasteiger partial charge in [0, 0.05) is 22.9 Å². The number of nitrogens with zero attached hydrogens (tertiary/aromatic N) is 1. The monoisotopic (exact) mass is 459 g/mol. The SMILES string of the molecule is COc1cccc([C@H](O)C2CCN(CC34CC(c5ccccc53)c3ccc(Cl)cc34)CC2)c1. The highest BCUT2D eigenvalue weighted by Crippen LogP contribution is 2.60. The van der Waals surface area contributed by atoms with Gasteiger partial charge in [0.15, 0.2) is 0 Å². The van der Waals surface area contributed by atoms with Gasteiger partial charge in [0.1, 0.15) is 5.75 Å². The average molecular weight is 460 g/mol. The van der Waals surface area contributed by atoms with Gasteiger partial charge in [-0.1, -0.05) is 54.1 Å². The lowest BCUT2D eigenvalue weighted by Gasteiger charge is -2.40. The minimum atomic E-state index is -0.442. The summed E-state index contributed by atoms with van der Waals surface area (Å²) in [5, 5.41) is 11.9. The fraction of sp³-hybridized carbons (Fsp3) is 0.379. The number of benzene rings is 3. The molecule has 2 unspecified atom stereocenters. The number of methoxy groups -OCH3 is 1.